The molecule has 0 bridgehead atoms. The lowest BCUT2D eigenvalue weighted by Gasteiger charge is -2.35. The number of nitrogens with zero attached hydrogens (tertiary/aromatic N) is 2. The van der Waals surface area contributed by atoms with E-state index in [9.17, 15) is 5.11 Å². The van der Waals surface area contributed by atoms with Gasteiger partial charge in [-0.15, -0.1) is 0 Å². The first kappa shape index (κ1) is 17.0. The van der Waals surface area contributed by atoms with Crippen LogP contribution in [0.5, 0.6) is 11.5 Å². The maximum absolute atomic E-state index is 10.1. The molecule has 0 saturated carbocycles. The van der Waals surface area contributed by atoms with Crippen molar-refractivity contribution in [3.63, 3.8) is 0 Å². The molecule has 1 aromatic rings. The van der Waals surface area contributed by atoms with Gasteiger partial charge in [-0.05, 0) is 12.1 Å². The number of hydrogen-bond acceptors (Lipinski definition) is 6. The van der Waals surface area contributed by atoms with Crippen LogP contribution in [0.1, 0.15) is 0 Å². The zero-order valence-corrected chi connectivity index (χ0v) is 13.1. The zero-order valence-electron chi connectivity index (χ0n) is 13.1. The zero-order chi connectivity index (χ0) is 15.8. The largest absolute Gasteiger partial charge is 0.493 e. The monoisotopic (exact) mass is 310 g/mol. The number of rotatable bonds is 8. The van der Waals surface area contributed by atoms with Gasteiger partial charge in [-0.25, -0.2) is 0 Å². The first-order chi connectivity index (χ1) is 10.7. The van der Waals surface area contributed by atoms with E-state index in [1.165, 1.54) is 0 Å². The number of β-amino-alcohol motifs (C(OH)–C–C–N with tert-alkyl or cyclic N) is 2. The summed E-state index contributed by atoms with van der Waals surface area (Å²) in [7, 11) is 1.60. The predicted octanol–water partition coefficient (Wildman–Crippen LogP) is 0.0448. The van der Waals surface area contributed by atoms with Gasteiger partial charge >= 0.3 is 0 Å². The number of aliphatic hydroxyl groups excluding tert-OH is 2. The molecule has 1 fully saturated rings. The Kier molecular flexibility index (Phi) is 6.92. The van der Waals surface area contributed by atoms with Crippen LogP contribution in [0.4, 0.5) is 0 Å². The highest BCUT2D eigenvalue weighted by Crippen LogP contribution is 2.25. The summed E-state index contributed by atoms with van der Waals surface area (Å²) in [5.41, 5.74) is 0. The predicted molar refractivity (Wildman–Crippen MR) is 84.5 cm³/mol. The van der Waals surface area contributed by atoms with Crippen molar-refractivity contribution in [2.75, 3.05) is 59.6 Å². The van der Waals surface area contributed by atoms with Gasteiger partial charge in [0.25, 0.3) is 0 Å². The van der Waals surface area contributed by atoms with Crippen LogP contribution >= 0.6 is 0 Å². The van der Waals surface area contributed by atoms with E-state index in [0.717, 1.165) is 32.7 Å². The fourth-order valence-electron chi connectivity index (χ4n) is 2.61. The second-order valence-electron chi connectivity index (χ2n) is 5.48. The topological polar surface area (TPSA) is 65.4 Å². The second-order valence-corrected chi connectivity index (χ2v) is 5.48. The first-order valence-corrected chi connectivity index (χ1v) is 7.72. The highest BCUT2D eigenvalue weighted by molar-refractivity contribution is 5.39. The van der Waals surface area contributed by atoms with Gasteiger partial charge in [0.2, 0.25) is 0 Å². The van der Waals surface area contributed by atoms with Gasteiger partial charge in [0.05, 0.1) is 13.7 Å². The molecule has 124 valence electrons. The van der Waals surface area contributed by atoms with E-state index >= 15 is 0 Å². The minimum absolute atomic E-state index is 0.204. The van der Waals surface area contributed by atoms with Crippen LogP contribution in [0.3, 0.4) is 0 Å². The average molecular weight is 310 g/mol. The van der Waals surface area contributed by atoms with E-state index in [1.54, 1.807) is 7.11 Å². The molecule has 0 amide bonds. The Morgan fingerprint density at radius 3 is 2.36 bits per heavy atom. The quantitative estimate of drug-likeness (QED) is 0.707. The Morgan fingerprint density at radius 2 is 1.73 bits per heavy atom. The Morgan fingerprint density at radius 1 is 1.09 bits per heavy atom. The Bertz CT molecular complexity index is 436. The molecule has 6 nitrogen and oxygen atoms in total. The summed E-state index contributed by atoms with van der Waals surface area (Å²) in [5.74, 6) is 1.32. The molecular weight excluding hydrogens is 284 g/mol. The SMILES string of the molecule is COc1ccccc1OC[C@H](O)CN1CCN(CCO)CC1. The van der Waals surface area contributed by atoms with Gasteiger partial charge in [0.15, 0.2) is 11.5 Å². The number of methoxy groups -OCH3 is 1. The Labute approximate surface area is 131 Å². The van der Waals surface area contributed by atoms with Crippen molar-refractivity contribution in [3.05, 3.63) is 24.3 Å². The fraction of sp³-hybridized carbons (Fsp3) is 0.625. The van der Waals surface area contributed by atoms with Crippen LogP contribution in [-0.2, 0) is 0 Å². The van der Waals surface area contributed by atoms with Crippen LogP contribution in [-0.4, -0.2) is 85.7 Å². The molecule has 22 heavy (non-hydrogen) atoms. The van der Waals surface area contributed by atoms with Crippen LogP contribution in [0.25, 0.3) is 0 Å². The van der Waals surface area contributed by atoms with E-state index in [4.69, 9.17) is 14.6 Å². The lowest BCUT2D eigenvalue weighted by atomic mass is 10.2. The maximum atomic E-state index is 10.1. The Hall–Kier alpha value is -1.34. The lowest BCUT2D eigenvalue weighted by Crippen LogP contribution is -2.49. The van der Waals surface area contributed by atoms with Crippen molar-refractivity contribution >= 4 is 0 Å². The highest BCUT2D eigenvalue weighted by atomic mass is 16.5. The third kappa shape index (κ3) is 5.14. The molecule has 1 heterocycles. The molecule has 0 aliphatic carbocycles. The molecule has 6 heteroatoms. The van der Waals surface area contributed by atoms with Crippen LogP contribution in [0.15, 0.2) is 24.3 Å². The van der Waals surface area contributed by atoms with Gasteiger partial charge in [-0.2, -0.15) is 0 Å². The Balaban J connectivity index is 1.71. The van der Waals surface area contributed by atoms with E-state index in [2.05, 4.69) is 9.80 Å². The summed E-state index contributed by atoms with van der Waals surface area (Å²) >= 11 is 0. The molecule has 1 saturated heterocycles. The van der Waals surface area contributed by atoms with Gasteiger partial charge in [0, 0.05) is 39.3 Å². The van der Waals surface area contributed by atoms with Crippen molar-refractivity contribution in [2.24, 2.45) is 0 Å². The first-order valence-electron chi connectivity index (χ1n) is 7.72. The smallest absolute Gasteiger partial charge is 0.161 e. The molecule has 0 spiro atoms. The fourth-order valence-corrected chi connectivity index (χ4v) is 2.61. The second kappa shape index (κ2) is 8.95. The molecule has 1 aromatic carbocycles. The van der Waals surface area contributed by atoms with Crippen molar-refractivity contribution in [1.29, 1.82) is 0 Å². The van der Waals surface area contributed by atoms with E-state index in [-0.39, 0.29) is 13.2 Å². The average Bonchev–Trinajstić information content (AvgIpc) is 2.55. The summed E-state index contributed by atoms with van der Waals surface area (Å²) < 4.78 is 10.9. The number of aliphatic hydroxyl groups is 2. The van der Waals surface area contributed by atoms with Gasteiger partial charge in [0.1, 0.15) is 12.7 Å². The van der Waals surface area contributed by atoms with Crippen molar-refractivity contribution in [2.45, 2.75) is 6.10 Å². The summed E-state index contributed by atoms with van der Waals surface area (Å²) in [5, 5.41) is 19.1. The molecular formula is C16H26N2O4. The lowest BCUT2D eigenvalue weighted by molar-refractivity contribution is 0.0423. The molecule has 1 aliphatic heterocycles. The number of hydrogen-bond donors (Lipinski definition) is 2. The molecule has 1 aliphatic rings. The van der Waals surface area contributed by atoms with Crippen LogP contribution in [0, 0.1) is 0 Å². The van der Waals surface area contributed by atoms with Crippen LogP contribution in [0.2, 0.25) is 0 Å². The molecule has 0 radical (unpaired) electrons. The van der Waals surface area contributed by atoms with Crippen molar-refractivity contribution in [1.82, 2.24) is 9.80 Å². The standard InChI is InChI=1S/C16H26N2O4/c1-21-15-4-2-3-5-16(15)22-13-14(20)12-18-8-6-17(7-9-18)10-11-19/h2-5,14,19-20H,6-13H2,1H3/t14-/m1/s1. The van der Waals surface area contributed by atoms with Gasteiger partial charge in [-0.1, -0.05) is 12.1 Å². The number of piperazine rings is 1. The minimum atomic E-state index is -0.533. The summed E-state index contributed by atoms with van der Waals surface area (Å²) in [6.45, 7) is 5.46. The van der Waals surface area contributed by atoms with Gasteiger partial charge < -0.3 is 19.7 Å². The molecule has 1 atom stereocenters. The molecule has 2 rings (SSSR count). The summed E-state index contributed by atoms with van der Waals surface area (Å²) in [6, 6.07) is 7.43. The maximum Gasteiger partial charge on any atom is 0.161 e. The van der Waals surface area contributed by atoms with E-state index in [1.807, 2.05) is 24.3 Å². The van der Waals surface area contributed by atoms with Crippen molar-refractivity contribution < 1.29 is 19.7 Å². The van der Waals surface area contributed by atoms with Crippen LogP contribution < -0.4 is 9.47 Å². The normalized spacial score (nSPS) is 18.1. The van der Waals surface area contributed by atoms with E-state index < -0.39 is 6.10 Å². The molecule has 2 N–H and O–H groups in total. The van der Waals surface area contributed by atoms with Crippen molar-refractivity contribution in [3.8, 4) is 11.5 Å². The number of ether oxygens (including phenoxy) is 2. The van der Waals surface area contributed by atoms with Gasteiger partial charge in [-0.3, -0.25) is 9.80 Å². The number of benzene rings is 1. The third-order valence-electron chi connectivity index (χ3n) is 3.85. The summed E-state index contributed by atoms with van der Waals surface area (Å²) in [6.07, 6.45) is -0.533. The van der Waals surface area contributed by atoms with E-state index in [0.29, 0.717) is 18.0 Å². The summed E-state index contributed by atoms with van der Waals surface area (Å²) in [4.78, 5) is 4.46. The molecule has 0 unspecified atom stereocenters. The minimum Gasteiger partial charge on any atom is -0.493 e. The highest BCUT2D eigenvalue weighted by Gasteiger charge is 2.19. The number of para-hydroxylation sites is 2. The molecule has 0 aromatic heterocycles. The third-order valence-corrected chi connectivity index (χ3v) is 3.85.